The van der Waals surface area contributed by atoms with Gasteiger partial charge in [0.2, 0.25) is 5.91 Å². The van der Waals surface area contributed by atoms with Gasteiger partial charge in [0.15, 0.2) is 5.78 Å². The first-order chi connectivity index (χ1) is 9.58. The van der Waals surface area contributed by atoms with Crippen LogP contribution >= 0.6 is 0 Å². The van der Waals surface area contributed by atoms with E-state index in [-0.39, 0.29) is 30.4 Å². The fraction of sp³-hybridized carbons (Fsp3) is 0.786. The summed E-state index contributed by atoms with van der Waals surface area (Å²) in [5.74, 6) is -0.213. The van der Waals surface area contributed by atoms with Crippen LogP contribution in [0.3, 0.4) is 0 Å². The first kappa shape index (κ1) is 14.8. The van der Waals surface area contributed by atoms with Gasteiger partial charge in [-0.1, -0.05) is 0 Å². The van der Waals surface area contributed by atoms with Gasteiger partial charge in [-0.25, -0.2) is 4.79 Å². The highest BCUT2D eigenvalue weighted by Crippen LogP contribution is 2.21. The maximum Gasteiger partial charge on any atom is 0.407 e. The summed E-state index contributed by atoms with van der Waals surface area (Å²) in [5.41, 5.74) is 0. The van der Waals surface area contributed by atoms with Gasteiger partial charge in [0, 0.05) is 6.54 Å². The minimum absolute atomic E-state index is 0.00406. The van der Waals surface area contributed by atoms with Crippen molar-refractivity contribution in [2.45, 2.75) is 57.6 Å². The van der Waals surface area contributed by atoms with Gasteiger partial charge in [0.1, 0.15) is 12.6 Å². The number of carbonyl (C=O) groups excluding carboxylic acids is 3. The molecule has 1 atom stereocenters. The van der Waals surface area contributed by atoms with Crippen LogP contribution in [0.15, 0.2) is 0 Å². The Morgan fingerprint density at radius 3 is 2.50 bits per heavy atom. The largest absolute Gasteiger partial charge is 0.446 e. The van der Waals surface area contributed by atoms with Crippen LogP contribution in [0.2, 0.25) is 0 Å². The van der Waals surface area contributed by atoms with Crippen LogP contribution in [0.4, 0.5) is 4.79 Å². The van der Waals surface area contributed by atoms with Crippen LogP contribution in [0.5, 0.6) is 0 Å². The lowest BCUT2D eigenvalue weighted by atomic mass is 10.1. The zero-order valence-corrected chi connectivity index (χ0v) is 11.9. The number of rotatable bonds is 4. The van der Waals surface area contributed by atoms with Gasteiger partial charge in [0.25, 0.3) is 0 Å². The molecule has 2 fully saturated rings. The van der Waals surface area contributed by atoms with E-state index in [4.69, 9.17) is 4.74 Å². The maximum atomic E-state index is 12.0. The third kappa shape index (κ3) is 3.71. The van der Waals surface area contributed by atoms with E-state index >= 15 is 0 Å². The number of Topliss-reactive ketones (excluding diaryl/α,β-unsaturated/α-hetero) is 1. The second kappa shape index (κ2) is 6.72. The second-order valence-corrected chi connectivity index (χ2v) is 5.52. The third-order valence-electron chi connectivity index (χ3n) is 4.00. The monoisotopic (exact) mass is 282 g/mol. The number of alkyl carbamates (subject to hydrolysis) is 1. The summed E-state index contributed by atoms with van der Waals surface area (Å²) in [4.78, 5) is 36.5. The highest BCUT2D eigenvalue weighted by atomic mass is 16.6. The fourth-order valence-corrected chi connectivity index (χ4v) is 2.94. The SMILES string of the molecule is CC(=O)[C@@H]1CCCN1C(=O)CNC(=O)OC1CCCC1. The van der Waals surface area contributed by atoms with Crippen molar-refractivity contribution in [3.63, 3.8) is 0 Å². The lowest BCUT2D eigenvalue weighted by Crippen LogP contribution is -2.45. The molecule has 0 bridgehead atoms. The average molecular weight is 282 g/mol. The average Bonchev–Trinajstić information content (AvgIpc) is 3.06. The highest BCUT2D eigenvalue weighted by molar-refractivity contribution is 5.89. The standard InChI is InChI=1S/C14H22N2O4/c1-10(17)12-7-4-8-16(12)13(18)9-15-14(19)20-11-5-2-3-6-11/h11-12H,2-9H2,1H3,(H,15,19)/t12-/m0/s1. The van der Waals surface area contributed by atoms with Crippen LogP contribution in [0.1, 0.15) is 45.4 Å². The number of hydrogen-bond acceptors (Lipinski definition) is 4. The Labute approximate surface area is 118 Å². The van der Waals surface area contributed by atoms with Crippen LogP contribution in [-0.4, -0.2) is 47.9 Å². The summed E-state index contributed by atoms with van der Waals surface area (Å²) in [7, 11) is 0. The Hall–Kier alpha value is -1.59. The van der Waals surface area contributed by atoms with Gasteiger partial charge < -0.3 is 15.0 Å². The van der Waals surface area contributed by atoms with Crippen LogP contribution < -0.4 is 5.32 Å². The Kier molecular flexibility index (Phi) is 4.98. The third-order valence-corrected chi connectivity index (χ3v) is 4.00. The number of carbonyl (C=O) groups is 3. The minimum atomic E-state index is -0.538. The molecule has 2 rings (SSSR count). The molecule has 0 radical (unpaired) electrons. The van der Waals surface area contributed by atoms with Crippen LogP contribution in [0, 0.1) is 0 Å². The molecule has 6 nitrogen and oxygen atoms in total. The quantitative estimate of drug-likeness (QED) is 0.841. The summed E-state index contributed by atoms with van der Waals surface area (Å²) < 4.78 is 5.21. The first-order valence-electron chi connectivity index (χ1n) is 7.32. The van der Waals surface area contributed by atoms with E-state index in [1.807, 2.05) is 0 Å². The molecule has 2 aliphatic rings. The summed E-state index contributed by atoms with van der Waals surface area (Å²) in [5, 5.41) is 2.48. The Bertz CT molecular complexity index is 391. The Balaban J connectivity index is 1.73. The molecule has 2 amide bonds. The minimum Gasteiger partial charge on any atom is -0.446 e. The first-order valence-corrected chi connectivity index (χ1v) is 7.32. The van der Waals surface area contributed by atoms with E-state index in [1.165, 1.54) is 6.92 Å². The molecule has 0 aromatic carbocycles. The number of amides is 2. The fourth-order valence-electron chi connectivity index (χ4n) is 2.94. The van der Waals surface area contributed by atoms with Crippen molar-refractivity contribution in [3.05, 3.63) is 0 Å². The Morgan fingerprint density at radius 1 is 1.15 bits per heavy atom. The van der Waals surface area contributed by atoms with Gasteiger partial charge in [0.05, 0.1) is 6.04 Å². The summed E-state index contributed by atoms with van der Waals surface area (Å²) in [6, 6.07) is -0.324. The van der Waals surface area contributed by atoms with E-state index in [0.29, 0.717) is 13.0 Å². The lowest BCUT2D eigenvalue weighted by Gasteiger charge is -2.22. The number of nitrogens with zero attached hydrogens (tertiary/aromatic N) is 1. The number of ether oxygens (including phenoxy) is 1. The number of likely N-dealkylation sites (tertiary alicyclic amines) is 1. The molecule has 0 aromatic rings. The van der Waals surface area contributed by atoms with Crippen molar-refractivity contribution in [2.75, 3.05) is 13.1 Å². The molecule has 6 heteroatoms. The molecule has 1 aliphatic carbocycles. The van der Waals surface area contributed by atoms with E-state index in [1.54, 1.807) is 4.90 Å². The normalized spacial score (nSPS) is 22.9. The predicted octanol–water partition coefficient (Wildman–Crippen LogP) is 1.24. The van der Waals surface area contributed by atoms with Gasteiger partial charge in [-0.2, -0.15) is 0 Å². The van der Waals surface area contributed by atoms with Crippen molar-refractivity contribution >= 4 is 17.8 Å². The zero-order chi connectivity index (χ0) is 14.5. The molecule has 0 spiro atoms. The topological polar surface area (TPSA) is 75.7 Å². The van der Waals surface area contributed by atoms with Crippen molar-refractivity contribution in [1.29, 1.82) is 0 Å². The number of nitrogens with one attached hydrogen (secondary N) is 1. The molecular weight excluding hydrogens is 260 g/mol. The molecule has 1 aliphatic heterocycles. The summed E-state index contributed by atoms with van der Waals surface area (Å²) in [6.45, 7) is 1.98. The number of hydrogen-bond donors (Lipinski definition) is 1. The van der Waals surface area contributed by atoms with E-state index in [9.17, 15) is 14.4 Å². The molecule has 0 aromatic heterocycles. The Morgan fingerprint density at radius 2 is 1.85 bits per heavy atom. The molecule has 0 unspecified atom stereocenters. The maximum absolute atomic E-state index is 12.0. The van der Waals surface area contributed by atoms with E-state index in [0.717, 1.165) is 32.1 Å². The summed E-state index contributed by atoms with van der Waals surface area (Å²) >= 11 is 0. The molecule has 20 heavy (non-hydrogen) atoms. The molecule has 1 N–H and O–H groups in total. The van der Waals surface area contributed by atoms with E-state index in [2.05, 4.69) is 5.32 Å². The van der Waals surface area contributed by atoms with Gasteiger partial charge in [-0.3, -0.25) is 9.59 Å². The molecular formula is C14H22N2O4. The van der Waals surface area contributed by atoms with E-state index < -0.39 is 6.09 Å². The lowest BCUT2D eigenvalue weighted by molar-refractivity contribution is -0.136. The van der Waals surface area contributed by atoms with Crippen molar-refractivity contribution in [1.82, 2.24) is 10.2 Å². The molecule has 112 valence electrons. The van der Waals surface area contributed by atoms with Crippen molar-refractivity contribution in [3.8, 4) is 0 Å². The second-order valence-electron chi connectivity index (χ2n) is 5.52. The summed E-state index contributed by atoms with van der Waals surface area (Å²) in [6.07, 6.45) is 4.98. The van der Waals surface area contributed by atoms with Crippen molar-refractivity contribution in [2.24, 2.45) is 0 Å². The molecule has 1 saturated carbocycles. The van der Waals surface area contributed by atoms with Crippen molar-refractivity contribution < 1.29 is 19.1 Å². The van der Waals surface area contributed by atoms with Crippen LogP contribution in [0.25, 0.3) is 0 Å². The van der Waals surface area contributed by atoms with Gasteiger partial charge in [-0.05, 0) is 45.4 Å². The predicted molar refractivity (Wildman–Crippen MR) is 72.2 cm³/mol. The van der Waals surface area contributed by atoms with Gasteiger partial charge in [-0.15, -0.1) is 0 Å². The molecule has 1 heterocycles. The van der Waals surface area contributed by atoms with Crippen LogP contribution in [-0.2, 0) is 14.3 Å². The zero-order valence-electron chi connectivity index (χ0n) is 11.9. The highest BCUT2D eigenvalue weighted by Gasteiger charge is 2.31. The number of ketones is 1. The van der Waals surface area contributed by atoms with Gasteiger partial charge >= 0.3 is 6.09 Å². The smallest absolute Gasteiger partial charge is 0.407 e. The molecule has 1 saturated heterocycles.